The summed E-state index contributed by atoms with van der Waals surface area (Å²) in [4.78, 5) is 24.6. The third-order valence-corrected chi connectivity index (χ3v) is 2.16. The minimum atomic E-state index is -0.415. The van der Waals surface area contributed by atoms with E-state index in [1.165, 1.54) is 0 Å². The van der Waals surface area contributed by atoms with Crippen LogP contribution in [0, 0.1) is 0 Å². The standard InChI is InChI=1S/C13H22N2O3/c1-10(2)12(16)14-7-9-18-13(17)11(3)6-8-15(4)5/h1,3,6-9H2,2,4-5H3,(H,14,16). The summed E-state index contributed by atoms with van der Waals surface area (Å²) in [6.07, 6.45) is 0.573. The minimum Gasteiger partial charge on any atom is -0.460 e. The van der Waals surface area contributed by atoms with E-state index >= 15 is 0 Å². The predicted octanol–water partition coefficient (Wildman–Crippen LogP) is 0.730. The van der Waals surface area contributed by atoms with Crippen LogP contribution in [0.4, 0.5) is 0 Å². The summed E-state index contributed by atoms with van der Waals surface area (Å²) in [5.41, 5.74) is 0.867. The van der Waals surface area contributed by atoms with Gasteiger partial charge < -0.3 is 15.0 Å². The molecule has 0 radical (unpaired) electrons. The predicted molar refractivity (Wildman–Crippen MR) is 71.1 cm³/mol. The Labute approximate surface area is 108 Å². The highest BCUT2D eigenvalue weighted by Gasteiger charge is 2.08. The van der Waals surface area contributed by atoms with E-state index < -0.39 is 5.97 Å². The molecule has 1 N–H and O–H groups in total. The van der Waals surface area contributed by atoms with E-state index in [0.717, 1.165) is 6.54 Å². The Balaban J connectivity index is 3.74. The molecule has 0 spiro atoms. The molecule has 5 heteroatoms. The molecule has 0 saturated heterocycles. The zero-order valence-corrected chi connectivity index (χ0v) is 11.4. The van der Waals surface area contributed by atoms with Crippen LogP contribution in [-0.2, 0) is 14.3 Å². The number of rotatable bonds is 8. The molecule has 0 bridgehead atoms. The van der Waals surface area contributed by atoms with E-state index in [1.807, 2.05) is 19.0 Å². The van der Waals surface area contributed by atoms with Gasteiger partial charge >= 0.3 is 5.97 Å². The smallest absolute Gasteiger partial charge is 0.333 e. The Kier molecular flexibility index (Phi) is 7.71. The number of carbonyl (C=O) groups is 2. The van der Waals surface area contributed by atoms with E-state index in [2.05, 4.69) is 18.5 Å². The van der Waals surface area contributed by atoms with Crippen LogP contribution >= 0.6 is 0 Å². The van der Waals surface area contributed by atoms with E-state index in [4.69, 9.17) is 4.74 Å². The molecule has 18 heavy (non-hydrogen) atoms. The second kappa shape index (κ2) is 8.47. The molecule has 102 valence electrons. The fraction of sp³-hybridized carbons (Fsp3) is 0.538. The first-order valence-electron chi connectivity index (χ1n) is 5.78. The Bertz CT molecular complexity index is 335. The molecule has 0 aromatic carbocycles. The SMILES string of the molecule is C=C(C)C(=O)NCCOC(=O)C(=C)CCN(C)C. The van der Waals surface area contributed by atoms with Crippen molar-refractivity contribution in [2.24, 2.45) is 0 Å². The molecule has 0 aromatic heterocycles. The van der Waals surface area contributed by atoms with Crippen molar-refractivity contribution >= 4 is 11.9 Å². The second-order valence-corrected chi connectivity index (χ2v) is 4.33. The van der Waals surface area contributed by atoms with Crippen LogP contribution in [0.2, 0.25) is 0 Å². The van der Waals surface area contributed by atoms with E-state index in [9.17, 15) is 9.59 Å². The molecule has 0 heterocycles. The van der Waals surface area contributed by atoms with Crippen molar-refractivity contribution in [1.82, 2.24) is 10.2 Å². The van der Waals surface area contributed by atoms with Gasteiger partial charge in [0.15, 0.2) is 0 Å². The average Bonchev–Trinajstić information content (AvgIpc) is 2.30. The summed E-state index contributed by atoms with van der Waals surface area (Å²) < 4.78 is 4.96. The zero-order valence-electron chi connectivity index (χ0n) is 11.4. The summed E-state index contributed by atoms with van der Waals surface area (Å²) in [7, 11) is 3.84. The summed E-state index contributed by atoms with van der Waals surface area (Å²) >= 11 is 0. The third kappa shape index (κ3) is 7.62. The van der Waals surface area contributed by atoms with Gasteiger partial charge in [0.05, 0.1) is 6.54 Å². The normalized spacial score (nSPS) is 10.0. The van der Waals surface area contributed by atoms with Gasteiger partial charge in [-0.2, -0.15) is 0 Å². The van der Waals surface area contributed by atoms with Crippen molar-refractivity contribution in [3.63, 3.8) is 0 Å². The molecule has 0 aliphatic carbocycles. The quantitative estimate of drug-likeness (QED) is 0.394. The molecule has 5 nitrogen and oxygen atoms in total. The number of esters is 1. The van der Waals surface area contributed by atoms with E-state index in [0.29, 0.717) is 17.6 Å². The van der Waals surface area contributed by atoms with Crippen LogP contribution in [0.15, 0.2) is 24.3 Å². The molecule has 0 aliphatic heterocycles. The molecule has 0 saturated carbocycles. The maximum Gasteiger partial charge on any atom is 0.333 e. The fourth-order valence-corrected chi connectivity index (χ4v) is 1.02. The van der Waals surface area contributed by atoms with E-state index in [1.54, 1.807) is 6.92 Å². The number of nitrogens with one attached hydrogen (secondary N) is 1. The molecule has 0 aromatic rings. The number of nitrogens with zero attached hydrogens (tertiary/aromatic N) is 1. The van der Waals surface area contributed by atoms with Crippen LogP contribution in [0.25, 0.3) is 0 Å². The molecule has 0 rings (SSSR count). The third-order valence-electron chi connectivity index (χ3n) is 2.16. The topological polar surface area (TPSA) is 58.6 Å². The lowest BCUT2D eigenvalue weighted by molar-refractivity contribution is -0.139. The number of amides is 1. The van der Waals surface area contributed by atoms with Crippen molar-refractivity contribution in [2.75, 3.05) is 33.8 Å². The lowest BCUT2D eigenvalue weighted by atomic mass is 10.2. The second-order valence-electron chi connectivity index (χ2n) is 4.33. The first-order valence-corrected chi connectivity index (χ1v) is 5.78. The van der Waals surface area contributed by atoms with Crippen LogP contribution in [0.5, 0.6) is 0 Å². The first kappa shape index (κ1) is 16.4. The fourth-order valence-electron chi connectivity index (χ4n) is 1.02. The number of hydrogen-bond donors (Lipinski definition) is 1. The van der Waals surface area contributed by atoms with Gasteiger partial charge in [-0.05, 0) is 27.4 Å². The van der Waals surface area contributed by atoms with Gasteiger partial charge in [-0.15, -0.1) is 0 Å². The summed E-state index contributed by atoms with van der Waals surface area (Å²) in [5.74, 6) is -0.654. The van der Waals surface area contributed by atoms with Crippen molar-refractivity contribution in [3.8, 4) is 0 Å². The van der Waals surface area contributed by atoms with Crippen molar-refractivity contribution in [2.45, 2.75) is 13.3 Å². The van der Waals surface area contributed by atoms with Gasteiger partial charge in [-0.1, -0.05) is 13.2 Å². The number of hydrogen-bond acceptors (Lipinski definition) is 4. The zero-order chi connectivity index (χ0) is 14.1. The van der Waals surface area contributed by atoms with Crippen LogP contribution in [0.1, 0.15) is 13.3 Å². The molecule has 0 unspecified atom stereocenters. The maximum atomic E-state index is 11.5. The lowest BCUT2D eigenvalue weighted by Crippen LogP contribution is -2.28. The Hall–Kier alpha value is -1.62. The maximum absolute atomic E-state index is 11.5. The van der Waals surface area contributed by atoms with Gasteiger partial charge in [-0.3, -0.25) is 4.79 Å². The van der Waals surface area contributed by atoms with Crippen LogP contribution in [0.3, 0.4) is 0 Å². The first-order chi connectivity index (χ1) is 8.34. The van der Waals surface area contributed by atoms with Crippen molar-refractivity contribution in [1.29, 1.82) is 0 Å². The summed E-state index contributed by atoms with van der Waals surface area (Å²) in [6.45, 7) is 9.95. The van der Waals surface area contributed by atoms with Gasteiger partial charge in [0.25, 0.3) is 0 Å². The van der Waals surface area contributed by atoms with Crippen LogP contribution < -0.4 is 5.32 Å². The largest absolute Gasteiger partial charge is 0.460 e. The molecule has 0 fully saturated rings. The minimum absolute atomic E-state index is 0.138. The molecular formula is C13H22N2O3. The summed E-state index contributed by atoms with van der Waals surface area (Å²) in [5, 5.41) is 2.57. The summed E-state index contributed by atoms with van der Waals surface area (Å²) in [6, 6.07) is 0. The lowest BCUT2D eigenvalue weighted by Gasteiger charge is -2.11. The molecule has 0 aliphatic rings. The highest BCUT2D eigenvalue weighted by atomic mass is 16.5. The van der Waals surface area contributed by atoms with Gasteiger partial charge in [0.1, 0.15) is 6.61 Å². The Morgan fingerprint density at radius 3 is 2.39 bits per heavy atom. The monoisotopic (exact) mass is 254 g/mol. The highest BCUT2D eigenvalue weighted by Crippen LogP contribution is 2.01. The number of carbonyl (C=O) groups excluding carboxylic acids is 2. The average molecular weight is 254 g/mol. The number of ether oxygens (including phenoxy) is 1. The van der Waals surface area contributed by atoms with E-state index in [-0.39, 0.29) is 19.1 Å². The van der Waals surface area contributed by atoms with Crippen molar-refractivity contribution in [3.05, 3.63) is 24.3 Å². The van der Waals surface area contributed by atoms with Gasteiger partial charge in [-0.25, -0.2) is 4.79 Å². The van der Waals surface area contributed by atoms with Crippen LogP contribution in [-0.4, -0.2) is 50.6 Å². The van der Waals surface area contributed by atoms with Gasteiger partial charge in [0, 0.05) is 17.7 Å². The van der Waals surface area contributed by atoms with Gasteiger partial charge in [0.2, 0.25) is 5.91 Å². The Morgan fingerprint density at radius 2 is 1.89 bits per heavy atom. The Morgan fingerprint density at radius 1 is 1.28 bits per heavy atom. The highest BCUT2D eigenvalue weighted by molar-refractivity contribution is 5.92. The molecule has 1 amide bonds. The van der Waals surface area contributed by atoms with Crippen molar-refractivity contribution < 1.29 is 14.3 Å². The molecular weight excluding hydrogens is 232 g/mol. The molecule has 0 atom stereocenters.